The fraction of sp³-hybridized carbons (Fsp3) is 0.950. The number of hydrogen-bond donors (Lipinski definition) is 3. The van der Waals surface area contributed by atoms with E-state index in [1.807, 2.05) is 0 Å². The molecule has 0 aromatic carbocycles. The fourth-order valence-corrected chi connectivity index (χ4v) is 14.0. The van der Waals surface area contributed by atoms with Crippen LogP contribution >= 0.6 is 15.6 Å². The lowest BCUT2D eigenvalue weighted by molar-refractivity contribution is -0.161. The summed E-state index contributed by atoms with van der Waals surface area (Å²) in [7, 11) is -9.92. The summed E-state index contributed by atoms with van der Waals surface area (Å²) in [4.78, 5) is 73.0. The van der Waals surface area contributed by atoms with E-state index < -0.39 is 97.5 Å². The van der Waals surface area contributed by atoms with Gasteiger partial charge in [-0.05, 0) is 31.6 Å². The Morgan fingerprint density at radius 3 is 0.687 bits per heavy atom. The first kappa shape index (κ1) is 97.1. The van der Waals surface area contributed by atoms with Crippen molar-refractivity contribution in [3.05, 3.63) is 0 Å². The van der Waals surface area contributed by atoms with Crippen molar-refractivity contribution in [2.24, 2.45) is 5.92 Å². The number of phosphoric acid groups is 2. The Labute approximate surface area is 607 Å². The third kappa shape index (κ3) is 74.1. The van der Waals surface area contributed by atoms with Gasteiger partial charge in [0.05, 0.1) is 26.4 Å². The number of aliphatic hydroxyl groups excluding tert-OH is 1. The van der Waals surface area contributed by atoms with Crippen LogP contribution in [-0.2, 0) is 65.4 Å². The minimum Gasteiger partial charge on any atom is -0.462 e. The number of phosphoric ester groups is 2. The van der Waals surface area contributed by atoms with Gasteiger partial charge in [0.15, 0.2) is 12.2 Å². The van der Waals surface area contributed by atoms with E-state index in [1.54, 1.807) is 0 Å². The summed E-state index contributed by atoms with van der Waals surface area (Å²) >= 11 is 0. The van der Waals surface area contributed by atoms with Crippen LogP contribution in [-0.4, -0.2) is 96.7 Å². The smallest absolute Gasteiger partial charge is 0.462 e. The van der Waals surface area contributed by atoms with E-state index in [0.29, 0.717) is 25.7 Å². The Kier molecular flexibility index (Phi) is 71.6. The molecule has 0 spiro atoms. The first-order chi connectivity index (χ1) is 48.0. The molecule has 17 nitrogen and oxygen atoms in total. The van der Waals surface area contributed by atoms with Crippen molar-refractivity contribution in [3.63, 3.8) is 0 Å². The summed E-state index contributed by atoms with van der Waals surface area (Å²) in [5.74, 6) is -1.38. The molecule has 0 aliphatic carbocycles. The van der Waals surface area contributed by atoms with Crippen molar-refractivity contribution in [1.29, 1.82) is 0 Å². The second-order valence-electron chi connectivity index (χ2n) is 29.3. The zero-order valence-electron chi connectivity index (χ0n) is 64.6. The molecule has 0 fully saturated rings. The highest BCUT2D eigenvalue weighted by Gasteiger charge is 2.30. The van der Waals surface area contributed by atoms with Gasteiger partial charge in [0.2, 0.25) is 0 Å². The molecule has 588 valence electrons. The highest BCUT2D eigenvalue weighted by atomic mass is 31.2. The Morgan fingerprint density at radius 2 is 0.465 bits per heavy atom. The predicted molar refractivity (Wildman–Crippen MR) is 405 cm³/mol. The van der Waals surface area contributed by atoms with Crippen molar-refractivity contribution in [2.75, 3.05) is 39.6 Å². The van der Waals surface area contributed by atoms with Gasteiger partial charge < -0.3 is 33.8 Å². The van der Waals surface area contributed by atoms with Crippen LogP contribution in [0.25, 0.3) is 0 Å². The quantitative estimate of drug-likeness (QED) is 0.0222. The maximum absolute atomic E-state index is 13.1. The number of hydrogen-bond acceptors (Lipinski definition) is 15. The standard InChI is InChI=1S/C80H156O17P2/c1-6-9-12-15-18-21-24-27-30-33-36-39-42-48-53-58-63-77(82)90-69-75(96-79(84)65-60-55-50-43-40-37-34-31-28-25-22-19-16-13-10-7-2)71-94-98(86,87)92-67-74(81)68-93-99(88,89)95-72-76(70-91-78(83)64-59-54-49-46-45-47-52-57-62-73(4)5)97-80(85)66-61-56-51-44-41-38-35-32-29-26-23-20-17-14-11-8-3/h73-76,81H,6-72H2,1-5H3,(H,86,87)(H,88,89)/t74-,75-,76-/m1/s1. The van der Waals surface area contributed by atoms with E-state index in [0.717, 1.165) is 95.8 Å². The van der Waals surface area contributed by atoms with E-state index in [2.05, 4.69) is 34.6 Å². The summed E-state index contributed by atoms with van der Waals surface area (Å²) < 4.78 is 68.7. The van der Waals surface area contributed by atoms with Gasteiger partial charge in [0.25, 0.3) is 0 Å². The van der Waals surface area contributed by atoms with Crippen LogP contribution in [0.4, 0.5) is 0 Å². The number of carbonyl (C=O) groups excluding carboxylic acids is 4. The molecule has 0 radical (unpaired) electrons. The maximum Gasteiger partial charge on any atom is 0.472 e. The van der Waals surface area contributed by atoms with Gasteiger partial charge in [0.1, 0.15) is 19.3 Å². The Hall–Kier alpha value is -1.94. The largest absolute Gasteiger partial charge is 0.472 e. The molecule has 0 aliphatic rings. The summed E-state index contributed by atoms with van der Waals surface area (Å²) in [6.45, 7) is 7.30. The van der Waals surface area contributed by atoms with Crippen LogP contribution in [0.15, 0.2) is 0 Å². The molecule has 0 saturated heterocycles. The van der Waals surface area contributed by atoms with Crippen molar-refractivity contribution in [2.45, 2.75) is 445 Å². The summed E-state index contributed by atoms with van der Waals surface area (Å²) in [6, 6.07) is 0. The van der Waals surface area contributed by atoms with Crippen LogP contribution in [0.5, 0.6) is 0 Å². The van der Waals surface area contributed by atoms with E-state index in [1.165, 1.54) is 250 Å². The number of carbonyl (C=O) groups is 4. The minimum atomic E-state index is -4.96. The molecule has 0 rings (SSSR count). The second kappa shape index (κ2) is 73.0. The first-order valence-corrected chi connectivity index (χ1v) is 44.6. The molecule has 5 atom stereocenters. The number of esters is 4. The predicted octanol–water partition coefficient (Wildman–Crippen LogP) is 24.0. The lowest BCUT2D eigenvalue weighted by atomic mass is 10.0. The van der Waals surface area contributed by atoms with Gasteiger partial charge in [-0.2, -0.15) is 0 Å². The molecular weight excluding hydrogens is 1290 g/mol. The summed E-state index contributed by atoms with van der Waals surface area (Å²) in [6.07, 6.45) is 63.7. The Balaban J connectivity index is 5.25. The van der Waals surface area contributed by atoms with Gasteiger partial charge in [-0.1, -0.05) is 375 Å². The van der Waals surface area contributed by atoms with Gasteiger partial charge in [-0.25, -0.2) is 9.13 Å². The van der Waals surface area contributed by atoms with E-state index in [9.17, 15) is 43.2 Å². The third-order valence-corrected chi connectivity index (χ3v) is 20.7. The van der Waals surface area contributed by atoms with Crippen LogP contribution < -0.4 is 0 Å². The molecule has 0 amide bonds. The number of ether oxygens (including phenoxy) is 4. The average Bonchev–Trinajstić information content (AvgIpc) is 1.35. The van der Waals surface area contributed by atoms with Crippen molar-refractivity contribution < 1.29 is 80.2 Å². The van der Waals surface area contributed by atoms with Crippen molar-refractivity contribution in [3.8, 4) is 0 Å². The van der Waals surface area contributed by atoms with E-state index in [-0.39, 0.29) is 25.7 Å². The minimum absolute atomic E-state index is 0.108. The molecule has 3 N–H and O–H groups in total. The monoisotopic (exact) mass is 1450 g/mol. The average molecular weight is 1450 g/mol. The Morgan fingerprint density at radius 1 is 0.273 bits per heavy atom. The molecule has 19 heteroatoms. The van der Waals surface area contributed by atoms with Crippen LogP contribution in [0.2, 0.25) is 0 Å². The SMILES string of the molecule is CCCCCCCCCCCCCCCCCCC(=O)OC[C@H](COP(=O)(O)OC[C@@H](O)COP(=O)(O)OC[C@@H](COC(=O)CCCCCCCCCCC(C)C)OC(=O)CCCCCCCCCCCCCCCCCC)OC(=O)CCCCCCCCCCCCCCCCCC. The van der Waals surface area contributed by atoms with Crippen LogP contribution in [0, 0.1) is 5.92 Å². The molecule has 0 saturated carbocycles. The lowest BCUT2D eigenvalue weighted by Crippen LogP contribution is -2.30. The normalized spacial score (nSPS) is 13.9. The zero-order valence-corrected chi connectivity index (χ0v) is 66.4. The molecule has 0 bridgehead atoms. The highest BCUT2D eigenvalue weighted by molar-refractivity contribution is 7.47. The van der Waals surface area contributed by atoms with Gasteiger partial charge in [-0.15, -0.1) is 0 Å². The van der Waals surface area contributed by atoms with Gasteiger partial charge in [-0.3, -0.25) is 37.3 Å². The van der Waals surface area contributed by atoms with Crippen molar-refractivity contribution >= 4 is 39.5 Å². The van der Waals surface area contributed by atoms with Crippen molar-refractivity contribution in [1.82, 2.24) is 0 Å². The molecular formula is C80H156O17P2. The van der Waals surface area contributed by atoms with Gasteiger partial charge in [0, 0.05) is 25.7 Å². The Bertz CT molecular complexity index is 1890. The summed E-state index contributed by atoms with van der Waals surface area (Å²) in [5.41, 5.74) is 0. The molecule has 0 aromatic heterocycles. The maximum atomic E-state index is 13.1. The zero-order chi connectivity index (χ0) is 72.7. The third-order valence-electron chi connectivity index (χ3n) is 18.8. The van der Waals surface area contributed by atoms with E-state index >= 15 is 0 Å². The van der Waals surface area contributed by atoms with Gasteiger partial charge >= 0.3 is 39.5 Å². The first-order valence-electron chi connectivity index (χ1n) is 41.6. The second-order valence-corrected chi connectivity index (χ2v) is 32.2. The highest BCUT2D eigenvalue weighted by Crippen LogP contribution is 2.45. The molecule has 0 aliphatic heterocycles. The molecule has 99 heavy (non-hydrogen) atoms. The molecule has 0 heterocycles. The number of aliphatic hydroxyl groups is 1. The number of unbranched alkanes of at least 4 members (excludes halogenated alkanes) is 52. The van der Waals surface area contributed by atoms with E-state index in [4.69, 9.17) is 37.0 Å². The summed E-state index contributed by atoms with van der Waals surface area (Å²) in [5, 5.41) is 10.6. The molecule has 0 aromatic rings. The lowest BCUT2D eigenvalue weighted by Gasteiger charge is -2.21. The van der Waals surface area contributed by atoms with Crippen LogP contribution in [0.1, 0.15) is 426 Å². The number of rotatable bonds is 80. The fourth-order valence-electron chi connectivity index (χ4n) is 12.4. The van der Waals surface area contributed by atoms with Crippen LogP contribution in [0.3, 0.4) is 0 Å². The topological polar surface area (TPSA) is 237 Å². The molecule has 2 unspecified atom stereocenters.